The predicted octanol–water partition coefficient (Wildman–Crippen LogP) is 5.28. The van der Waals surface area contributed by atoms with E-state index >= 15 is 0 Å². The van der Waals surface area contributed by atoms with Crippen LogP contribution >= 0.6 is 11.6 Å². The predicted molar refractivity (Wildman–Crippen MR) is 190 cm³/mol. The Morgan fingerprint density at radius 1 is 0.681 bits per heavy atom. The second-order valence-electron chi connectivity index (χ2n) is 12.2. The lowest BCUT2D eigenvalue weighted by Gasteiger charge is -2.36. The van der Waals surface area contributed by atoms with Gasteiger partial charge >= 0.3 is 0 Å². The molecule has 11 heteroatoms. The average Bonchev–Trinajstić information content (AvgIpc) is 3.11. The fourth-order valence-corrected chi connectivity index (χ4v) is 6.67. The van der Waals surface area contributed by atoms with Gasteiger partial charge in [0.25, 0.3) is 5.56 Å². The molecule has 0 radical (unpaired) electrons. The first-order chi connectivity index (χ1) is 23.1. The van der Waals surface area contributed by atoms with Gasteiger partial charge in [0.15, 0.2) is 11.5 Å². The molecule has 0 spiro atoms. The van der Waals surface area contributed by atoms with Gasteiger partial charge in [-0.1, -0.05) is 55.1 Å². The van der Waals surface area contributed by atoms with E-state index in [1.807, 2.05) is 43.3 Å². The zero-order valence-corrected chi connectivity index (χ0v) is 28.9. The third kappa shape index (κ3) is 9.78. The summed E-state index contributed by atoms with van der Waals surface area (Å²) in [4.78, 5) is 22.6. The van der Waals surface area contributed by atoms with Gasteiger partial charge in [-0.2, -0.15) is 5.10 Å². The topological polar surface area (TPSA) is 75.5 Å². The minimum absolute atomic E-state index is 0.194. The van der Waals surface area contributed by atoms with Crippen molar-refractivity contribution in [2.45, 2.75) is 45.6 Å². The smallest absolute Gasteiger partial charge is 0.287 e. The Kier molecular flexibility index (Phi) is 13.5. The first-order valence-electron chi connectivity index (χ1n) is 17.2. The second-order valence-corrected chi connectivity index (χ2v) is 12.6. The zero-order valence-electron chi connectivity index (χ0n) is 28.1. The summed E-state index contributed by atoms with van der Waals surface area (Å²) in [5.74, 6) is 2.50. The number of benzene rings is 2. The van der Waals surface area contributed by atoms with Gasteiger partial charge in [0, 0.05) is 65.4 Å². The van der Waals surface area contributed by atoms with Gasteiger partial charge < -0.3 is 24.0 Å². The molecule has 2 saturated heterocycles. The van der Waals surface area contributed by atoms with E-state index in [9.17, 15) is 4.79 Å². The molecule has 2 aromatic carbocycles. The molecule has 0 saturated carbocycles. The molecule has 0 unspecified atom stereocenters. The summed E-state index contributed by atoms with van der Waals surface area (Å²) in [5.41, 5.74) is 1.73. The molecule has 0 atom stereocenters. The lowest BCUT2D eigenvalue weighted by atomic mass is 10.1. The van der Waals surface area contributed by atoms with Crippen molar-refractivity contribution < 1.29 is 14.2 Å². The molecule has 1 aromatic heterocycles. The molecule has 0 bridgehead atoms. The van der Waals surface area contributed by atoms with Crippen molar-refractivity contribution in [3.63, 3.8) is 0 Å². The molecule has 47 heavy (non-hydrogen) atoms. The van der Waals surface area contributed by atoms with Crippen LogP contribution in [-0.2, 0) is 6.54 Å². The normalized spacial score (nSPS) is 16.0. The average molecular weight is 667 g/mol. The summed E-state index contributed by atoms with van der Waals surface area (Å²) < 4.78 is 18.7. The van der Waals surface area contributed by atoms with Crippen LogP contribution in [0.15, 0.2) is 59.5 Å². The fraction of sp³-hybridized carbons (Fsp3) is 0.556. The summed E-state index contributed by atoms with van der Waals surface area (Å²) in [6, 6.07) is 16.1. The third-order valence-electron chi connectivity index (χ3n) is 9.14. The number of aromatic nitrogens is 2. The van der Waals surface area contributed by atoms with E-state index in [-0.39, 0.29) is 10.6 Å². The van der Waals surface area contributed by atoms with Crippen LogP contribution in [0.25, 0.3) is 0 Å². The number of hydrogen-bond donors (Lipinski definition) is 0. The number of anilines is 2. The first-order valence-corrected chi connectivity index (χ1v) is 17.6. The number of hydrogen-bond acceptors (Lipinski definition) is 9. The number of rotatable bonds is 17. The summed E-state index contributed by atoms with van der Waals surface area (Å²) in [6.07, 6.45) is 7.34. The SMILES string of the molecule is CCOc1ccccc1OCCN1CCN(c2cnn(CCCCCCCN3CCN(c4ccccc4OC)CC3)c(=O)c2Cl)CC1. The molecule has 2 aliphatic rings. The van der Waals surface area contributed by atoms with Crippen molar-refractivity contribution in [2.24, 2.45) is 0 Å². The van der Waals surface area contributed by atoms with Crippen LogP contribution < -0.4 is 29.6 Å². The van der Waals surface area contributed by atoms with Crippen molar-refractivity contribution in [3.8, 4) is 17.2 Å². The van der Waals surface area contributed by atoms with E-state index in [1.165, 1.54) is 23.2 Å². The van der Waals surface area contributed by atoms with Crippen LogP contribution in [0.3, 0.4) is 0 Å². The molecule has 3 heterocycles. The fourth-order valence-electron chi connectivity index (χ4n) is 6.41. The van der Waals surface area contributed by atoms with E-state index in [1.54, 1.807) is 13.3 Å². The van der Waals surface area contributed by atoms with E-state index in [4.69, 9.17) is 25.8 Å². The molecular formula is C36H51ClN6O4. The Morgan fingerprint density at radius 3 is 1.89 bits per heavy atom. The number of nitrogens with zero attached hydrogens (tertiary/aromatic N) is 6. The Bertz CT molecular complexity index is 1440. The van der Waals surface area contributed by atoms with Crippen molar-refractivity contribution >= 4 is 23.0 Å². The molecule has 3 aromatic rings. The number of halogens is 1. The standard InChI is InChI=1S/C36H51ClN6O4/c1-3-46-33-15-9-10-16-34(33)47-28-27-40-21-25-42(26-22-40)31-29-38-43(36(44)35(31)37)18-12-6-4-5-11-17-39-19-23-41(24-20-39)30-13-7-8-14-32(30)45-2/h7-10,13-16,29H,3-6,11-12,17-28H2,1-2H3. The summed E-state index contributed by atoms with van der Waals surface area (Å²) in [6.45, 7) is 13.3. The number of para-hydroxylation sites is 4. The molecule has 0 N–H and O–H groups in total. The maximum absolute atomic E-state index is 13.0. The minimum Gasteiger partial charge on any atom is -0.495 e. The molecule has 10 nitrogen and oxygen atoms in total. The minimum atomic E-state index is -0.194. The molecule has 0 aliphatic carbocycles. The highest BCUT2D eigenvalue weighted by atomic mass is 35.5. The lowest BCUT2D eigenvalue weighted by Crippen LogP contribution is -2.48. The zero-order chi connectivity index (χ0) is 32.8. The maximum Gasteiger partial charge on any atom is 0.287 e. The first kappa shape index (κ1) is 34.9. The summed E-state index contributed by atoms with van der Waals surface area (Å²) in [5, 5.41) is 4.76. The number of unbranched alkanes of at least 4 members (excludes halogenated alkanes) is 4. The van der Waals surface area contributed by atoms with Gasteiger partial charge in [0.1, 0.15) is 17.4 Å². The lowest BCUT2D eigenvalue weighted by molar-refractivity contribution is 0.195. The summed E-state index contributed by atoms with van der Waals surface area (Å²) >= 11 is 6.60. The molecule has 5 rings (SSSR count). The van der Waals surface area contributed by atoms with Crippen LogP contribution in [0.5, 0.6) is 17.2 Å². The highest BCUT2D eigenvalue weighted by molar-refractivity contribution is 6.33. The second kappa shape index (κ2) is 18.2. The third-order valence-corrected chi connectivity index (χ3v) is 9.49. The highest BCUT2D eigenvalue weighted by Crippen LogP contribution is 2.29. The number of aryl methyl sites for hydroxylation is 1. The molecule has 256 valence electrons. The van der Waals surface area contributed by atoms with Crippen LogP contribution in [0.2, 0.25) is 5.02 Å². The van der Waals surface area contributed by atoms with Crippen molar-refractivity contribution in [2.75, 3.05) is 95.6 Å². The maximum atomic E-state index is 13.0. The van der Waals surface area contributed by atoms with E-state index in [0.717, 1.165) is 108 Å². The Morgan fingerprint density at radius 2 is 1.23 bits per heavy atom. The Balaban J connectivity index is 0.949. The van der Waals surface area contributed by atoms with Gasteiger partial charge in [0.05, 0.1) is 31.3 Å². The van der Waals surface area contributed by atoms with Crippen molar-refractivity contribution in [3.05, 3.63) is 70.1 Å². The number of methoxy groups -OCH3 is 1. The molecule has 0 amide bonds. The van der Waals surface area contributed by atoms with Crippen molar-refractivity contribution in [1.82, 2.24) is 19.6 Å². The highest BCUT2D eigenvalue weighted by Gasteiger charge is 2.22. The quantitative estimate of drug-likeness (QED) is 0.179. The Labute approximate surface area is 284 Å². The Hall–Kier alpha value is -3.47. The van der Waals surface area contributed by atoms with E-state index in [0.29, 0.717) is 19.8 Å². The molecule has 2 aliphatic heterocycles. The molecule has 2 fully saturated rings. The number of ether oxygens (including phenoxy) is 3. The monoisotopic (exact) mass is 666 g/mol. The van der Waals surface area contributed by atoms with Crippen LogP contribution in [-0.4, -0.2) is 105 Å². The van der Waals surface area contributed by atoms with Crippen molar-refractivity contribution in [1.29, 1.82) is 0 Å². The van der Waals surface area contributed by atoms with Crippen LogP contribution in [0, 0.1) is 0 Å². The van der Waals surface area contributed by atoms with Crippen LogP contribution in [0.1, 0.15) is 39.0 Å². The largest absolute Gasteiger partial charge is 0.495 e. The van der Waals surface area contributed by atoms with E-state index < -0.39 is 0 Å². The van der Waals surface area contributed by atoms with Gasteiger partial charge in [-0.25, -0.2) is 4.68 Å². The number of piperazine rings is 2. The van der Waals surface area contributed by atoms with Gasteiger partial charge in [-0.15, -0.1) is 0 Å². The van der Waals surface area contributed by atoms with Gasteiger partial charge in [-0.3, -0.25) is 14.6 Å². The van der Waals surface area contributed by atoms with Crippen LogP contribution in [0.4, 0.5) is 11.4 Å². The molecular weight excluding hydrogens is 616 g/mol. The summed E-state index contributed by atoms with van der Waals surface area (Å²) in [7, 11) is 1.74. The van der Waals surface area contributed by atoms with Gasteiger partial charge in [-0.05, 0) is 50.6 Å². The van der Waals surface area contributed by atoms with Gasteiger partial charge in [0.2, 0.25) is 0 Å². The van der Waals surface area contributed by atoms with E-state index in [2.05, 4.69) is 36.8 Å².